The van der Waals surface area contributed by atoms with Crippen molar-refractivity contribution in [1.29, 1.82) is 5.26 Å². The normalized spacial score (nSPS) is 10.9. The van der Waals surface area contributed by atoms with Gasteiger partial charge in [-0.2, -0.15) is 5.26 Å². The number of nitrogens with two attached hydrogens (primary N) is 1. The number of nitrogens with zero attached hydrogens (tertiary/aromatic N) is 1. The average molecular weight is 349 g/mol. The number of hydrogen-bond donors (Lipinski definition) is 1. The van der Waals surface area contributed by atoms with Gasteiger partial charge in [0, 0.05) is 10.6 Å². The molecule has 110 valence electrons. The van der Waals surface area contributed by atoms with Gasteiger partial charge < -0.3 is 10.5 Å². The number of para-hydroxylation sites is 1. The Kier molecular flexibility index (Phi) is 5.40. The lowest BCUT2D eigenvalue weighted by atomic mass is 10.1. The summed E-state index contributed by atoms with van der Waals surface area (Å²) in [5, 5.41) is 9.96. The molecule has 0 saturated carbocycles. The Morgan fingerprint density at radius 1 is 1.18 bits per heavy atom. The van der Waals surface area contributed by atoms with E-state index in [2.05, 4.69) is 0 Å². The van der Waals surface area contributed by atoms with Gasteiger partial charge in [0.05, 0.1) is 10.6 Å². The van der Waals surface area contributed by atoms with E-state index in [9.17, 15) is 0 Å². The summed E-state index contributed by atoms with van der Waals surface area (Å²) < 4.78 is 5.79. The molecule has 0 spiro atoms. The van der Waals surface area contributed by atoms with E-state index in [1.807, 2.05) is 18.2 Å². The van der Waals surface area contributed by atoms with Crippen molar-refractivity contribution in [3.63, 3.8) is 0 Å². The topological polar surface area (TPSA) is 59.0 Å². The maximum Gasteiger partial charge on any atom is 0.146 e. The molecule has 2 rings (SSSR count). The predicted molar refractivity (Wildman–Crippen MR) is 93.4 cm³/mol. The van der Waals surface area contributed by atoms with Crippen LogP contribution in [0.25, 0.3) is 6.08 Å². The van der Waals surface area contributed by atoms with E-state index in [0.29, 0.717) is 27.1 Å². The Hall–Kier alpha value is -2.06. The molecule has 0 heterocycles. The molecular formula is C16H10Cl2N2OS. The highest BCUT2D eigenvalue weighted by Gasteiger charge is 2.08. The maximum atomic E-state index is 9.05. The van der Waals surface area contributed by atoms with Crippen LogP contribution in [0.5, 0.6) is 11.5 Å². The molecule has 0 fully saturated rings. The van der Waals surface area contributed by atoms with Crippen LogP contribution in [0.2, 0.25) is 10.0 Å². The second-order valence-electron chi connectivity index (χ2n) is 4.25. The van der Waals surface area contributed by atoms with Crippen LogP contribution in [0.15, 0.2) is 48.0 Å². The number of hydrogen-bond acceptors (Lipinski definition) is 3. The highest BCUT2D eigenvalue weighted by atomic mass is 35.5. The lowest BCUT2D eigenvalue weighted by molar-refractivity contribution is 0.482. The molecule has 0 aliphatic carbocycles. The van der Waals surface area contributed by atoms with Crippen LogP contribution in [0.1, 0.15) is 5.56 Å². The van der Waals surface area contributed by atoms with Gasteiger partial charge in [-0.3, -0.25) is 0 Å². The van der Waals surface area contributed by atoms with Gasteiger partial charge in [0.1, 0.15) is 22.6 Å². The summed E-state index contributed by atoms with van der Waals surface area (Å²) in [6.07, 6.45) is 1.57. The summed E-state index contributed by atoms with van der Waals surface area (Å²) in [5.74, 6) is 0.983. The lowest BCUT2D eigenvalue weighted by Crippen LogP contribution is -2.09. The van der Waals surface area contributed by atoms with Gasteiger partial charge in [-0.05, 0) is 30.3 Å². The molecule has 2 N–H and O–H groups in total. The Balaban J connectivity index is 2.41. The predicted octanol–water partition coefficient (Wildman–Crippen LogP) is 4.98. The van der Waals surface area contributed by atoms with Crippen molar-refractivity contribution >= 4 is 46.5 Å². The molecular weight excluding hydrogens is 339 g/mol. The Morgan fingerprint density at radius 2 is 1.91 bits per heavy atom. The highest BCUT2D eigenvalue weighted by molar-refractivity contribution is 7.80. The molecule has 0 atom stereocenters. The number of nitriles is 1. The molecule has 2 aromatic rings. The van der Waals surface area contributed by atoms with Gasteiger partial charge in [0.15, 0.2) is 0 Å². The second kappa shape index (κ2) is 7.28. The molecule has 0 amide bonds. The Morgan fingerprint density at radius 3 is 2.55 bits per heavy atom. The van der Waals surface area contributed by atoms with Crippen LogP contribution in [-0.2, 0) is 0 Å². The summed E-state index contributed by atoms with van der Waals surface area (Å²) >= 11 is 16.8. The van der Waals surface area contributed by atoms with Crippen LogP contribution in [0.3, 0.4) is 0 Å². The smallest absolute Gasteiger partial charge is 0.146 e. The molecule has 22 heavy (non-hydrogen) atoms. The minimum absolute atomic E-state index is 0.0295. The Labute approximate surface area is 143 Å². The number of thiocarbonyl (C=S) groups is 1. The molecule has 6 heteroatoms. The number of ether oxygens (including phenoxy) is 1. The summed E-state index contributed by atoms with van der Waals surface area (Å²) in [7, 11) is 0. The van der Waals surface area contributed by atoms with Crippen molar-refractivity contribution in [1.82, 2.24) is 0 Å². The third-order valence-corrected chi connectivity index (χ3v) is 3.47. The first-order valence-corrected chi connectivity index (χ1v) is 7.31. The fourth-order valence-corrected chi connectivity index (χ4v) is 2.23. The fourth-order valence-electron chi connectivity index (χ4n) is 1.68. The zero-order valence-corrected chi connectivity index (χ0v) is 13.5. The third kappa shape index (κ3) is 3.99. The van der Waals surface area contributed by atoms with Gasteiger partial charge in [-0.15, -0.1) is 0 Å². The first kappa shape index (κ1) is 16.3. The Bertz CT molecular complexity index is 797. The standard InChI is InChI=1S/C16H10Cl2N2OS/c17-12-5-6-15(13(18)8-12)21-14-4-2-1-3-10(14)7-11(9-19)16(20)22/h1-8H,(H2,20,22)/b11-7-. The quantitative estimate of drug-likeness (QED) is 0.480. The van der Waals surface area contributed by atoms with Crippen molar-refractivity contribution in [2.75, 3.05) is 0 Å². The minimum atomic E-state index is 0.0295. The lowest BCUT2D eigenvalue weighted by Gasteiger charge is -2.10. The van der Waals surface area contributed by atoms with Gasteiger partial charge in [-0.1, -0.05) is 53.6 Å². The van der Waals surface area contributed by atoms with Crippen LogP contribution in [-0.4, -0.2) is 4.99 Å². The first-order valence-electron chi connectivity index (χ1n) is 6.15. The molecule has 0 aromatic heterocycles. The van der Waals surface area contributed by atoms with Gasteiger partial charge in [0.2, 0.25) is 0 Å². The number of halogens is 2. The van der Waals surface area contributed by atoms with Crippen molar-refractivity contribution in [3.05, 3.63) is 63.6 Å². The molecule has 0 saturated heterocycles. The van der Waals surface area contributed by atoms with E-state index in [0.717, 1.165) is 0 Å². The zero-order valence-electron chi connectivity index (χ0n) is 11.2. The summed E-state index contributed by atoms with van der Waals surface area (Å²) in [4.78, 5) is 0.0295. The van der Waals surface area contributed by atoms with E-state index in [1.165, 1.54) is 0 Å². The van der Waals surface area contributed by atoms with Crippen LogP contribution in [0.4, 0.5) is 0 Å². The van der Waals surface area contributed by atoms with Crippen molar-refractivity contribution in [2.45, 2.75) is 0 Å². The maximum absolute atomic E-state index is 9.05. The van der Waals surface area contributed by atoms with Crippen molar-refractivity contribution < 1.29 is 4.74 Å². The largest absolute Gasteiger partial charge is 0.455 e. The molecule has 0 radical (unpaired) electrons. The molecule has 0 aliphatic rings. The molecule has 0 unspecified atom stereocenters. The van der Waals surface area contributed by atoms with Gasteiger partial charge >= 0.3 is 0 Å². The van der Waals surface area contributed by atoms with E-state index in [1.54, 1.807) is 36.4 Å². The molecule has 0 aliphatic heterocycles. The SMILES string of the molecule is N#C/C(=C/c1ccccc1Oc1ccc(Cl)cc1Cl)C(N)=S. The van der Waals surface area contributed by atoms with Crippen LogP contribution < -0.4 is 10.5 Å². The van der Waals surface area contributed by atoms with E-state index >= 15 is 0 Å². The number of benzene rings is 2. The summed E-state index contributed by atoms with van der Waals surface area (Å²) in [6, 6.07) is 14.1. The zero-order chi connectivity index (χ0) is 16.1. The number of rotatable bonds is 4. The molecule has 3 nitrogen and oxygen atoms in total. The third-order valence-electron chi connectivity index (χ3n) is 2.72. The van der Waals surface area contributed by atoms with Crippen molar-refractivity contribution in [2.24, 2.45) is 5.73 Å². The van der Waals surface area contributed by atoms with Gasteiger partial charge in [0.25, 0.3) is 0 Å². The highest BCUT2D eigenvalue weighted by Crippen LogP contribution is 2.33. The minimum Gasteiger partial charge on any atom is -0.455 e. The van der Waals surface area contributed by atoms with E-state index in [-0.39, 0.29) is 10.6 Å². The second-order valence-corrected chi connectivity index (χ2v) is 5.53. The van der Waals surface area contributed by atoms with E-state index in [4.69, 9.17) is 51.2 Å². The average Bonchev–Trinajstić information content (AvgIpc) is 2.48. The molecule has 2 aromatic carbocycles. The van der Waals surface area contributed by atoms with Gasteiger partial charge in [-0.25, -0.2) is 0 Å². The van der Waals surface area contributed by atoms with Crippen LogP contribution in [0, 0.1) is 11.3 Å². The van der Waals surface area contributed by atoms with E-state index < -0.39 is 0 Å². The first-order chi connectivity index (χ1) is 10.5. The molecule has 0 bridgehead atoms. The fraction of sp³-hybridized carbons (Fsp3) is 0. The summed E-state index contributed by atoms with van der Waals surface area (Å²) in [6.45, 7) is 0. The summed E-state index contributed by atoms with van der Waals surface area (Å²) in [5.41, 5.74) is 6.37. The monoisotopic (exact) mass is 348 g/mol. The van der Waals surface area contributed by atoms with Crippen LogP contribution >= 0.6 is 35.4 Å². The van der Waals surface area contributed by atoms with Crippen molar-refractivity contribution in [3.8, 4) is 17.6 Å².